The van der Waals surface area contributed by atoms with Crippen LogP contribution >= 0.6 is 12.6 Å². The first kappa shape index (κ1) is 22.5. The number of unbranched alkanes of at least 4 members (excludes halogenated alkanes) is 4. The molecule has 0 amide bonds. The van der Waals surface area contributed by atoms with E-state index >= 15 is 0 Å². The smallest absolute Gasteiger partial charge is 0.154 e. The number of carbonyl (C=O) groups excluding carboxylic acids is 1. The van der Waals surface area contributed by atoms with Crippen LogP contribution in [0.4, 0.5) is 0 Å². The molecule has 0 aromatic rings. The molecule has 0 unspecified atom stereocenters. The quantitative estimate of drug-likeness (QED) is 0.203. The predicted molar refractivity (Wildman–Crippen MR) is 89.2 cm³/mol. The Bertz CT molecular complexity index is 294. The van der Waals surface area contributed by atoms with E-state index in [0.717, 1.165) is 56.5 Å². The largest absolute Gasteiger partial charge is 0.353 e. The first-order valence-electron chi connectivity index (χ1n) is 7.55. The number of thiol groups is 1. The van der Waals surface area contributed by atoms with Gasteiger partial charge >= 0.3 is 0 Å². The summed E-state index contributed by atoms with van der Waals surface area (Å²) in [5, 5.41) is 8.27. The minimum atomic E-state index is -0.0370. The highest BCUT2D eigenvalue weighted by molar-refractivity contribution is 7.84. The predicted octanol–water partition coefficient (Wildman–Crippen LogP) is 4.27. The standard InChI is InChI=1S/C10H15NOS.C6H14O2/c11-8-5-3-1-2-4-6-10(13)7-9-12;1-4-7-6(3)8-5-2/h7,9,13H,1-6H2;6H,4-5H2,1-3H3. The summed E-state index contributed by atoms with van der Waals surface area (Å²) in [4.78, 5) is 10.9. The molecule has 0 bridgehead atoms. The maximum absolute atomic E-state index is 10.0. The molecule has 0 aromatic heterocycles. The number of carbonyl (C=O) groups is 1. The SMILES string of the molecule is CCOC(C)OCC.N#CCCCCCCC(S)=CC=O. The topological polar surface area (TPSA) is 59.3 Å². The lowest BCUT2D eigenvalue weighted by Crippen LogP contribution is -2.11. The van der Waals surface area contributed by atoms with Gasteiger partial charge in [-0.3, -0.25) is 4.79 Å². The van der Waals surface area contributed by atoms with Crippen LogP contribution in [0.3, 0.4) is 0 Å². The average Bonchev–Trinajstić information content (AvgIpc) is 2.44. The highest BCUT2D eigenvalue weighted by Gasteiger charge is 1.95. The Hall–Kier alpha value is -0.830. The molecule has 0 heterocycles. The molecular weight excluding hydrogens is 286 g/mol. The summed E-state index contributed by atoms with van der Waals surface area (Å²) in [6.07, 6.45) is 7.96. The summed E-state index contributed by atoms with van der Waals surface area (Å²) in [6.45, 7) is 7.25. The van der Waals surface area contributed by atoms with E-state index in [1.54, 1.807) is 0 Å². The van der Waals surface area contributed by atoms with Crippen molar-refractivity contribution >= 4 is 18.9 Å². The summed E-state index contributed by atoms with van der Waals surface area (Å²) < 4.78 is 10.1. The fraction of sp³-hybridized carbons (Fsp3) is 0.750. The van der Waals surface area contributed by atoms with Crippen molar-refractivity contribution < 1.29 is 14.3 Å². The lowest BCUT2D eigenvalue weighted by atomic mass is 10.1. The van der Waals surface area contributed by atoms with Gasteiger partial charge in [0.25, 0.3) is 0 Å². The summed E-state index contributed by atoms with van der Waals surface area (Å²) in [5.74, 6) is 0. The van der Waals surface area contributed by atoms with E-state index in [0.29, 0.717) is 6.42 Å². The second kappa shape index (κ2) is 19.2. The van der Waals surface area contributed by atoms with Gasteiger partial charge in [0, 0.05) is 19.6 Å². The Morgan fingerprint density at radius 3 is 2.24 bits per heavy atom. The molecule has 0 saturated heterocycles. The van der Waals surface area contributed by atoms with E-state index in [1.165, 1.54) is 6.08 Å². The van der Waals surface area contributed by atoms with Crippen molar-refractivity contribution in [1.82, 2.24) is 0 Å². The van der Waals surface area contributed by atoms with Crippen LogP contribution in [-0.4, -0.2) is 25.8 Å². The second-order valence-electron chi connectivity index (χ2n) is 4.34. The van der Waals surface area contributed by atoms with Crippen molar-refractivity contribution in [3.05, 3.63) is 11.0 Å². The lowest BCUT2D eigenvalue weighted by Gasteiger charge is -2.09. The van der Waals surface area contributed by atoms with E-state index in [2.05, 4.69) is 18.7 Å². The van der Waals surface area contributed by atoms with Gasteiger partial charge < -0.3 is 9.47 Å². The zero-order valence-electron chi connectivity index (χ0n) is 13.5. The van der Waals surface area contributed by atoms with Gasteiger partial charge in [0.15, 0.2) is 6.29 Å². The van der Waals surface area contributed by atoms with E-state index in [4.69, 9.17) is 14.7 Å². The number of ether oxygens (including phenoxy) is 2. The van der Waals surface area contributed by atoms with E-state index in [-0.39, 0.29) is 6.29 Å². The average molecular weight is 315 g/mol. The van der Waals surface area contributed by atoms with Crippen LogP contribution in [0.2, 0.25) is 0 Å². The third-order valence-corrected chi connectivity index (χ3v) is 2.91. The molecule has 0 aliphatic rings. The minimum Gasteiger partial charge on any atom is -0.353 e. The molecule has 0 spiro atoms. The number of hydrogen-bond donors (Lipinski definition) is 1. The summed E-state index contributed by atoms with van der Waals surface area (Å²) in [7, 11) is 0. The van der Waals surface area contributed by atoms with E-state index in [9.17, 15) is 4.79 Å². The number of hydrogen-bond acceptors (Lipinski definition) is 5. The second-order valence-corrected chi connectivity index (χ2v) is 4.92. The number of allylic oxidation sites excluding steroid dienone is 2. The van der Waals surface area contributed by atoms with Crippen LogP contribution in [0.25, 0.3) is 0 Å². The molecule has 0 aromatic carbocycles. The third kappa shape index (κ3) is 21.6. The molecule has 0 aliphatic heterocycles. The Kier molecular flexibility index (Phi) is 20.5. The zero-order chi connectivity index (χ0) is 16.3. The molecule has 0 atom stereocenters. The van der Waals surface area contributed by atoms with Gasteiger partial charge in [0.2, 0.25) is 0 Å². The van der Waals surface area contributed by atoms with Gasteiger partial charge in [-0.25, -0.2) is 0 Å². The molecule has 0 aliphatic carbocycles. The number of rotatable bonds is 11. The number of aldehydes is 1. The molecule has 4 nitrogen and oxygen atoms in total. The number of nitrogens with zero attached hydrogens (tertiary/aromatic N) is 1. The minimum absolute atomic E-state index is 0.0370. The monoisotopic (exact) mass is 315 g/mol. The van der Waals surface area contributed by atoms with Gasteiger partial charge in [-0.2, -0.15) is 5.26 Å². The molecule has 0 saturated carbocycles. The van der Waals surface area contributed by atoms with Crippen LogP contribution in [0.15, 0.2) is 11.0 Å². The van der Waals surface area contributed by atoms with Gasteiger partial charge in [-0.15, -0.1) is 12.6 Å². The first-order chi connectivity index (χ1) is 10.1. The van der Waals surface area contributed by atoms with Crippen molar-refractivity contribution in [2.45, 2.75) is 65.6 Å². The van der Waals surface area contributed by atoms with Gasteiger partial charge in [-0.1, -0.05) is 12.8 Å². The van der Waals surface area contributed by atoms with Crippen LogP contribution in [0.5, 0.6) is 0 Å². The Morgan fingerprint density at radius 2 is 1.76 bits per heavy atom. The van der Waals surface area contributed by atoms with Crippen molar-refractivity contribution in [2.75, 3.05) is 13.2 Å². The Labute approximate surface area is 134 Å². The molecule has 0 radical (unpaired) electrons. The van der Waals surface area contributed by atoms with Crippen molar-refractivity contribution in [1.29, 1.82) is 5.26 Å². The molecule has 0 fully saturated rings. The lowest BCUT2D eigenvalue weighted by molar-refractivity contribution is -0.123. The maximum Gasteiger partial charge on any atom is 0.154 e. The van der Waals surface area contributed by atoms with E-state index in [1.807, 2.05) is 20.8 Å². The fourth-order valence-corrected chi connectivity index (χ4v) is 1.76. The molecule has 0 N–H and O–H groups in total. The van der Waals surface area contributed by atoms with Gasteiger partial charge in [0.05, 0.1) is 6.07 Å². The van der Waals surface area contributed by atoms with E-state index < -0.39 is 0 Å². The van der Waals surface area contributed by atoms with Gasteiger partial charge in [-0.05, 0) is 51.0 Å². The molecular formula is C16H29NO3S. The van der Waals surface area contributed by atoms with Crippen molar-refractivity contribution in [3.8, 4) is 6.07 Å². The van der Waals surface area contributed by atoms with Crippen LogP contribution < -0.4 is 0 Å². The number of nitriles is 1. The Morgan fingerprint density at radius 1 is 1.19 bits per heavy atom. The third-order valence-electron chi connectivity index (χ3n) is 2.53. The summed E-state index contributed by atoms with van der Waals surface area (Å²) in [6, 6.07) is 2.11. The summed E-state index contributed by atoms with van der Waals surface area (Å²) in [5.41, 5.74) is 0. The zero-order valence-corrected chi connectivity index (χ0v) is 14.4. The van der Waals surface area contributed by atoms with Crippen LogP contribution in [-0.2, 0) is 14.3 Å². The normalized spacial score (nSPS) is 10.8. The fourth-order valence-electron chi connectivity index (χ4n) is 1.54. The van der Waals surface area contributed by atoms with Crippen molar-refractivity contribution in [2.24, 2.45) is 0 Å². The van der Waals surface area contributed by atoms with Crippen LogP contribution in [0, 0.1) is 11.3 Å². The Balaban J connectivity index is 0. The summed E-state index contributed by atoms with van der Waals surface area (Å²) >= 11 is 4.13. The highest BCUT2D eigenvalue weighted by atomic mass is 32.1. The van der Waals surface area contributed by atoms with Crippen molar-refractivity contribution in [3.63, 3.8) is 0 Å². The first-order valence-corrected chi connectivity index (χ1v) is 8.00. The molecule has 5 heteroatoms. The van der Waals surface area contributed by atoms with Gasteiger partial charge in [0.1, 0.15) is 6.29 Å². The maximum atomic E-state index is 10.0. The molecule has 0 rings (SSSR count). The highest BCUT2D eigenvalue weighted by Crippen LogP contribution is 2.12. The van der Waals surface area contributed by atoms with Crippen LogP contribution in [0.1, 0.15) is 59.3 Å². The molecule has 122 valence electrons. The molecule has 21 heavy (non-hydrogen) atoms.